The van der Waals surface area contributed by atoms with Crippen molar-refractivity contribution in [3.8, 4) is 46.0 Å². The van der Waals surface area contributed by atoms with Crippen LogP contribution in [-0.4, -0.2) is 11.6 Å². The second-order valence-corrected chi connectivity index (χ2v) is 14.5. The number of carbonyl (C=O) groups excluding carboxylic acids is 2. The Balaban J connectivity index is 0.837. The molecule has 0 heterocycles. The predicted octanol–water partition coefficient (Wildman–Crippen LogP) is 13.6. The molecule has 0 aliphatic heterocycles. The van der Waals surface area contributed by atoms with E-state index in [1.165, 1.54) is 0 Å². The molecule has 8 aromatic rings. The van der Waals surface area contributed by atoms with Gasteiger partial charge < -0.3 is 18.9 Å². The first-order valence-corrected chi connectivity index (χ1v) is 19.3. The van der Waals surface area contributed by atoms with Gasteiger partial charge in [0.1, 0.15) is 46.0 Å². The maximum Gasteiger partial charge on any atom is 0.193 e. The normalized spacial score (nSPS) is 11.0. The molecule has 0 fully saturated rings. The van der Waals surface area contributed by atoms with Gasteiger partial charge in [0.15, 0.2) is 11.6 Å². The lowest BCUT2D eigenvalue weighted by atomic mass is 9.78. The van der Waals surface area contributed by atoms with Crippen molar-refractivity contribution in [3.63, 3.8) is 0 Å². The largest absolute Gasteiger partial charge is 0.457 e. The van der Waals surface area contributed by atoms with Gasteiger partial charge in [-0.25, -0.2) is 0 Å². The molecule has 8 aromatic carbocycles. The molecule has 0 radical (unpaired) electrons. The zero-order valence-electron chi connectivity index (χ0n) is 32.6. The van der Waals surface area contributed by atoms with Crippen molar-refractivity contribution in [2.24, 2.45) is 0 Å². The van der Waals surface area contributed by atoms with Crippen LogP contribution >= 0.6 is 0 Å². The first kappa shape index (κ1) is 38.2. The third-order valence-corrected chi connectivity index (χ3v) is 10.0. The lowest BCUT2D eigenvalue weighted by Crippen LogP contribution is -2.18. The lowest BCUT2D eigenvalue weighted by Gasteiger charge is -2.26. The van der Waals surface area contributed by atoms with E-state index >= 15 is 0 Å². The summed E-state index contributed by atoms with van der Waals surface area (Å²) in [4.78, 5) is 26.3. The predicted molar refractivity (Wildman–Crippen MR) is 231 cm³/mol. The summed E-state index contributed by atoms with van der Waals surface area (Å²) in [5.74, 6) is 5.31. The summed E-state index contributed by atoms with van der Waals surface area (Å²) in [6.07, 6.45) is 0. The Labute approximate surface area is 343 Å². The number of ether oxygens (including phenoxy) is 4. The zero-order valence-corrected chi connectivity index (χ0v) is 32.6. The van der Waals surface area contributed by atoms with E-state index in [1.807, 2.05) is 84.9 Å². The van der Waals surface area contributed by atoms with Crippen LogP contribution in [0.4, 0.5) is 0 Å². The van der Waals surface area contributed by atoms with Crippen molar-refractivity contribution in [2.45, 2.75) is 19.3 Å². The van der Waals surface area contributed by atoms with E-state index in [1.54, 1.807) is 97.1 Å². The van der Waals surface area contributed by atoms with Crippen LogP contribution in [0.5, 0.6) is 46.0 Å². The van der Waals surface area contributed by atoms with Crippen molar-refractivity contribution in [3.05, 3.63) is 240 Å². The van der Waals surface area contributed by atoms with E-state index in [0.717, 1.165) is 22.6 Å². The minimum absolute atomic E-state index is 0.0784. The molecule has 0 amide bonds. The summed E-state index contributed by atoms with van der Waals surface area (Å²) in [5, 5.41) is 0. The molecule has 0 atom stereocenters. The molecule has 0 saturated carbocycles. The van der Waals surface area contributed by atoms with Gasteiger partial charge in [-0.05, 0) is 157 Å². The van der Waals surface area contributed by atoms with Gasteiger partial charge in [-0.2, -0.15) is 0 Å². The molecule has 288 valence electrons. The van der Waals surface area contributed by atoms with E-state index in [4.69, 9.17) is 18.9 Å². The maximum atomic E-state index is 13.1. The fraction of sp³-hybridized carbons (Fsp3) is 0.0566. The van der Waals surface area contributed by atoms with Gasteiger partial charge in [0, 0.05) is 27.7 Å². The van der Waals surface area contributed by atoms with E-state index in [9.17, 15) is 9.59 Å². The summed E-state index contributed by atoms with van der Waals surface area (Å²) >= 11 is 0. The van der Waals surface area contributed by atoms with Crippen LogP contribution in [0.2, 0.25) is 0 Å². The Morgan fingerprint density at radius 2 is 0.492 bits per heavy atom. The van der Waals surface area contributed by atoms with Gasteiger partial charge in [-0.3, -0.25) is 9.59 Å². The van der Waals surface area contributed by atoms with E-state index in [2.05, 4.69) is 38.1 Å². The third kappa shape index (κ3) is 9.30. The molecule has 0 aliphatic rings. The Bertz CT molecular complexity index is 2450. The van der Waals surface area contributed by atoms with Crippen LogP contribution in [0.25, 0.3) is 0 Å². The van der Waals surface area contributed by atoms with Gasteiger partial charge in [0.2, 0.25) is 0 Å². The second kappa shape index (κ2) is 17.2. The molecule has 59 heavy (non-hydrogen) atoms. The van der Waals surface area contributed by atoms with Gasteiger partial charge >= 0.3 is 0 Å². The molecule has 0 saturated heterocycles. The highest BCUT2D eigenvalue weighted by Gasteiger charge is 2.23. The van der Waals surface area contributed by atoms with E-state index < -0.39 is 0 Å². The molecule has 0 unspecified atom stereocenters. The quantitative estimate of drug-likeness (QED) is 0.103. The van der Waals surface area contributed by atoms with Crippen LogP contribution in [-0.2, 0) is 5.41 Å². The maximum absolute atomic E-state index is 13.1. The lowest BCUT2D eigenvalue weighted by molar-refractivity contribution is 0.103. The molecule has 8 rings (SSSR count). The molecule has 6 heteroatoms. The molecule has 0 N–H and O–H groups in total. The average Bonchev–Trinajstić information content (AvgIpc) is 3.28. The molecule has 0 bridgehead atoms. The van der Waals surface area contributed by atoms with Crippen LogP contribution < -0.4 is 18.9 Å². The monoisotopic (exact) mass is 772 g/mol. The Hall–Kier alpha value is -7.70. The number of hydrogen-bond donors (Lipinski definition) is 0. The molecule has 0 aromatic heterocycles. The highest BCUT2D eigenvalue weighted by atomic mass is 16.5. The number of carbonyl (C=O) groups is 2. The molecule has 0 aliphatic carbocycles. The van der Waals surface area contributed by atoms with Crippen molar-refractivity contribution in [2.75, 3.05) is 0 Å². The van der Waals surface area contributed by atoms with Crippen molar-refractivity contribution in [1.29, 1.82) is 0 Å². The minimum Gasteiger partial charge on any atom is -0.457 e. The van der Waals surface area contributed by atoms with Crippen molar-refractivity contribution >= 4 is 11.6 Å². The summed E-state index contributed by atoms with van der Waals surface area (Å²) in [7, 11) is 0. The number of rotatable bonds is 14. The fourth-order valence-corrected chi connectivity index (χ4v) is 6.60. The minimum atomic E-state index is -0.293. The second-order valence-electron chi connectivity index (χ2n) is 14.5. The van der Waals surface area contributed by atoms with Crippen molar-refractivity contribution in [1.82, 2.24) is 0 Å². The smallest absolute Gasteiger partial charge is 0.193 e. The van der Waals surface area contributed by atoms with Gasteiger partial charge in [0.25, 0.3) is 0 Å². The zero-order chi connectivity index (χ0) is 40.6. The SMILES string of the molecule is CC(C)(c1ccc(Oc2ccc(C(=O)c3ccc(Oc4ccccc4)cc3)cc2)cc1)c1ccc(Oc2ccc(C(=O)c3ccc(Oc4ccccc4)cc3)cc2)cc1. The van der Waals surface area contributed by atoms with Crippen molar-refractivity contribution < 1.29 is 28.5 Å². The highest BCUT2D eigenvalue weighted by Crippen LogP contribution is 2.35. The van der Waals surface area contributed by atoms with Gasteiger partial charge in [-0.15, -0.1) is 0 Å². The van der Waals surface area contributed by atoms with Crippen LogP contribution in [0.15, 0.2) is 206 Å². The Morgan fingerprint density at radius 3 is 0.729 bits per heavy atom. The fourth-order valence-electron chi connectivity index (χ4n) is 6.60. The molecular formula is C53H40O6. The number of para-hydroxylation sites is 2. The highest BCUT2D eigenvalue weighted by molar-refractivity contribution is 6.09. The topological polar surface area (TPSA) is 71.1 Å². The number of hydrogen-bond acceptors (Lipinski definition) is 6. The van der Waals surface area contributed by atoms with Crippen LogP contribution in [0, 0.1) is 0 Å². The summed E-state index contributed by atoms with van der Waals surface area (Å²) in [6.45, 7) is 4.36. The third-order valence-electron chi connectivity index (χ3n) is 10.0. The Kier molecular flexibility index (Phi) is 11.1. The number of ketones is 2. The first-order chi connectivity index (χ1) is 28.8. The summed E-state index contributed by atoms with van der Waals surface area (Å²) in [5.41, 5.74) is 4.25. The standard InChI is InChI=1S/C53H40O6/c1-53(2,41-21-33-49(34-22-41)58-47-29-17-39(18-30-47)51(54)37-13-25-45(26-14-37)56-43-9-5-3-6-10-43)42-23-35-50(36-24-42)59-48-31-19-40(20-32-48)52(55)38-15-27-46(28-16-38)57-44-11-7-4-8-12-44/h3-36H,1-2H3. The molecule has 0 spiro atoms. The van der Waals surface area contributed by atoms with Gasteiger partial charge in [-0.1, -0.05) is 74.5 Å². The molecule has 6 nitrogen and oxygen atoms in total. The Morgan fingerprint density at radius 1 is 0.288 bits per heavy atom. The van der Waals surface area contributed by atoms with E-state index in [0.29, 0.717) is 56.8 Å². The van der Waals surface area contributed by atoms with Crippen LogP contribution in [0.3, 0.4) is 0 Å². The van der Waals surface area contributed by atoms with E-state index in [-0.39, 0.29) is 17.0 Å². The summed E-state index contributed by atoms with van der Waals surface area (Å²) < 4.78 is 24.0. The first-order valence-electron chi connectivity index (χ1n) is 19.3. The average molecular weight is 773 g/mol. The van der Waals surface area contributed by atoms with Gasteiger partial charge in [0.05, 0.1) is 0 Å². The number of benzene rings is 8. The molecular weight excluding hydrogens is 733 g/mol. The summed E-state index contributed by atoms with van der Waals surface area (Å²) in [6, 6.07) is 63.7. The van der Waals surface area contributed by atoms with Crippen LogP contribution in [0.1, 0.15) is 56.8 Å².